The lowest BCUT2D eigenvalue weighted by Crippen LogP contribution is -2.34. The van der Waals surface area contributed by atoms with Crippen LogP contribution in [0.25, 0.3) is 0 Å². The number of hydrogen-bond donors (Lipinski definition) is 1. The summed E-state index contributed by atoms with van der Waals surface area (Å²) in [5, 5.41) is 2.89. The van der Waals surface area contributed by atoms with Crippen LogP contribution in [0.4, 0.5) is 24.5 Å². The summed E-state index contributed by atoms with van der Waals surface area (Å²) in [7, 11) is 1.45. The molecule has 0 aliphatic carbocycles. The van der Waals surface area contributed by atoms with Gasteiger partial charge in [-0.2, -0.15) is 13.2 Å². The Balaban J connectivity index is 1.69. The molecule has 1 aliphatic rings. The lowest BCUT2D eigenvalue weighted by molar-refractivity contribution is -0.127. The summed E-state index contributed by atoms with van der Waals surface area (Å²) >= 11 is 0. The number of rotatable bonds is 5. The van der Waals surface area contributed by atoms with Crippen LogP contribution >= 0.6 is 0 Å². The number of imide groups is 1. The Hall–Kier alpha value is -3.10. The van der Waals surface area contributed by atoms with Crippen molar-refractivity contribution in [3.8, 4) is 5.88 Å². The van der Waals surface area contributed by atoms with E-state index in [1.807, 2.05) is 0 Å². The van der Waals surface area contributed by atoms with E-state index in [-0.39, 0.29) is 12.0 Å². The van der Waals surface area contributed by atoms with Gasteiger partial charge in [0.1, 0.15) is 6.04 Å². The Kier molecular flexibility index (Phi) is 5.02. The van der Waals surface area contributed by atoms with Crippen molar-refractivity contribution in [2.24, 2.45) is 0 Å². The number of hydrogen-bond acceptors (Lipinski definition) is 5. The van der Waals surface area contributed by atoms with Crippen LogP contribution in [-0.4, -0.2) is 36.1 Å². The Morgan fingerprint density at radius 3 is 2.44 bits per heavy atom. The highest BCUT2D eigenvalue weighted by Crippen LogP contribution is 2.26. The predicted octanol–water partition coefficient (Wildman–Crippen LogP) is 2.94. The molecule has 0 radical (unpaired) electrons. The zero-order valence-electron chi connectivity index (χ0n) is 14.3. The second kappa shape index (κ2) is 7.26. The van der Waals surface area contributed by atoms with Crippen molar-refractivity contribution >= 4 is 23.2 Å². The second-order valence-corrected chi connectivity index (χ2v) is 6.02. The number of aromatic nitrogens is 1. The number of methoxy groups -OCH3 is 1. The summed E-state index contributed by atoms with van der Waals surface area (Å²) < 4.78 is 42.1. The molecule has 1 atom stereocenters. The molecule has 0 bridgehead atoms. The van der Waals surface area contributed by atoms with Gasteiger partial charge in [0, 0.05) is 11.8 Å². The molecule has 142 valence electrons. The first kappa shape index (κ1) is 18.7. The van der Waals surface area contributed by atoms with Gasteiger partial charge >= 0.3 is 6.18 Å². The van der Waals surface area contributed by atoms with Gasteiger partial charge in [0.25, 0.3) is 5.91 Å². The number of carbonyl (C=O) groups is 2. The minimum Gasteiger partial charge on any atom is -0.481 e. The summed E-state index contributed by atoms with van der Waals surface area (Å²) in [6.07, 6.45) is -4.00. The number of pyridine rings is 1. The zero-order chi connectivity index (χ0) is 19.6. The Morgan fingerprint density at radius 2 is 1.89 bits per heavy atom. The number of benzene rings is 1. The summed E-state index contributed by atoms with van der Waals surface area (Å²) in [5.41, 5.74) is 0.908. The van der Waals surface area contributed by atoms with E-state index in [0.717, 1.165) is 4.90 Å². The Bertz CT molecular complexity index is 836. The van der Waals surface area contributed by atoms with E-state index < -0.39 is 30.5 Å². The number of nitrogens with zero attached hydrogens (tertiary/aromatic N) is 2. The number of anilines is 2. The maximum absolute atomic E-state index is 12.6. The van der Waals surface area contributed by atoms with Gasteiger partial charge in [-0.05, 0) is 23.8 Å². The summed E-state index contributed by atoms with van der Waals surface area (Å²) in [6.45, 7) is 0. The van der Waals surface area contributed by atoms with E-state index in [2.05, 4.69) is 10.3 Å². The lowest BCUT2D eigenvalue weighted by Gasteiger charge is -2.16. The maximum atomic E-state index is 12.6. The Labute approximate surface area is 152 Å². The van der Waals surface area contributed by atoms with Crippen LogP contribution in [0.1, 0.15) is 12.0 Å². The van der Waals surface area contributed by atoms with Crippen LogP contribution in [-0.2, 0) is 16.0 Å². The van der Waals surface area contributed by atoms with Crippen molar-refractivity contribution in [2.45, 2.75) is 25.1 Å². The van der Waals surface area contributed by atoms with E-state index in [1.165, 1.54) is 43.6 Å². The maximum Gasteiger partial charge on any atom is 0.393 e. The van der Waals surface area contributed by atoms with Gasteiger partial charge in [-0.1, -0.05) is 12.1 Å². The minimum atomic E-state index is -4.28. The van der Waals surface area contributed by atoms with Crippen LogP contribution in [0.15, 0.2) is 42.6 Å². The molecule has 1 aliphatic heterocycles. The molecule has 2 aromatic rings. The van der Waals surface area contributed by atoms with Crippen LogP contribution in [0.3, 0.4) is 0 Å². The van der Waals surface area contributed by atoms with Crippen molar-refractivity contribution in [3.05, 3.63) is 48.2 Å². The minimum absolute atomic E-state index is 0.0604. The molecule has 0 saturated carbocycles. The summed E-state index contributed by atoms with van der Waals surface area (Å²) in [5.74, 6) is -0.490. The van der Waals surface area contributed by atoms with Crippen molar-refractivity contribution < 1.29 is 27.5 Å². The largest absolute Gasteiger partial charge is 0.481 e. The third-order valence-electron chi connectivity index (χ3n) is 4.03. The summed E-state index contributed by atoms with van der Waals surface area (Å²) in [6, 6.07) is 7.87. The van der Waals surface area contributed by atoms with Gasteiger partial charge in [-0.25, -0.2) is 9.88 Å². The quantitative estimate of drug-likeness (QED) is 0.809. The molecule has 1 aromatic heterocycles. The van der Waals surface area contributed by atoms with E-state index in [0.29, 0.717) is 17.3 Å². The number of carbonyl (C=O) groups excluding carboxylic acids is 2. The topological polar surface area (TPSA) is 71.5 Å². The Morgan fingerprint density at radius 1 is 1.19 bits per heavy atom. The second-order valence-electron chi connectivity index (χ2n) is 6.02. The predicted molar refractivity (Wildman–Crippen MR) is 91.5 cm³/mol. The lowest BCUT2D eigenvalue weighted by atomic mass is 10.1. The van der Waals surface area contributed by atoms with Crippen LogP contribution in [0, 0.1) is 0 Å². The molecule has 1 unspecified atom stereocenters. The number of amides is 2. The van der Waals surface area contributed by atoms with E-state index in [4.69, 9.17) is 4.74 Å². The fraction of sp³-hybridized carbons (Fsp3) is 0.278. The number of ether oxygens (including phenoxy) is 1. The van der Waals surface area contributed by atoms with Gasteiger partial charge in [0.05, 0.1) is 31.8 Å². The monoisotopic (exact) mass is 379 g/mol. The van der Waals surface area contributed by atoms with Gasteiger partial charge in [0.15, 0.2) is 0 Å². The SMILES string of the molecule is COc1ccc(N2C(=O)CC(Nc3ccc(CC(F)(F)F)cc3)C2=O)cn1. The molecule has 2 heterocycles. The van der Waals surface area contributed by atoms with Crippen molar-refractivity contribution in [3.63, 3.8) is 0 Å². The fourth-order valence-electron chi connectivity index (χ4n) is 2.79. The first-order valence-electron chi connectivity index (χ1n) is 8.06. The average Bonchev–Trinajstić information content (AvgIpc) is 2.89. The molecule has 0 spiro atoms. The van der Waals surface area contributed by atoms with Gasteiger partial charge in [-0.15, -0.1) is 0 Å². The highest BCUT2D eigenvalue weighted by molar-refractivity contribution is 6.23. The fourth-order valence-corrected chi connectivity index (χ4v) is 2.79. The van der Waals surface area contributed by atoms with Crippen LogP contribution in [0.5, 0.6) is 5.88 Å². The van der Waals surface area contributed by atoms with E-state index in [1.54, 1.807) is 6.07 Å². The van der Waals surface area contributed by atoms with E-state index in [9.17, 15) is 22.8 Å². The molecular formula is C18H16F3N3O3. The molecule has 2 amide bonds. The number of halogens is 3. The molecule has 1 fully saturated rings. The van der Waals surface area contributed by atoms with Crippen molar-refractivity contribution in [2.75, 3.05) is 17.3 Å². The summed E-state index contributed by atoms with van der Waals surface area (Å²) in [4.78, 5) is 29.8. The standard InChI is InChI=1S/C18H16F3N3O3/c1-27-15-7-6-13(10-22-15)24-16(25)8-14(17(24)26)23-12-4-2-11(3-5-12)9-18(19,20)21/h2-7,10,14,23H,8-9H2,1H3. The van der Waals surface area contributed by atoms with E-state index >= 15 is 0 Å². The molecule has 1 saturated heterocycles. The van der Waals surface area contributed by atoms with Gasteiger partial charge < -0.3 is 10.1 Å². The third-order valence-corrected chi connectivity index (χ3v) is 4.03. The molecule has 27 heavy (non-hydrogen) atoms. The first-order chi connectivity index (χ1) is 12.8. The zero-order valence-corrected chi connectivity index (χ0v) is 14.3. The molecule has 6 nitrogen and oxygen atoms in total. The molecule has 9 heteroatoms. The number of alkyl halides is 3. The van der Waals surface area contributed by atoms with Crippen LogP contribution < -0.4 is 15.0 Å². The highest BCUT2D eigenvalue weighted by Gasteiger charge is 2.39. The van der Waals surface area contributed by atoms with Crippen molar-refractivity contribution in [1.82, 2.24) is 4.98 Å². The normalized spacial score (nSPS) is 17.3. The molecular weight excluding hydrogens is 363 g/mol. The number of nitrogens with one attached hydrogen (secondary N) is 1. The van der Waals surface area contributed by atoms with Gasteiger partial charge in [0.2, 0.25) is 11.8 Å². The molecule has 1 aromatic carbocycles. The van der Waals surface area contributed by atoms with Gasteiger partial charge in [-0.3, -0.25) is 9.59 Å². The molecule has 3 rings (SSSR count). The highest BCUT2D eigenvalue weighted by atomic mass is 19.4. The van der Waals surface area contributed by atoms with Crippen molar-refractivity contribution in [1.29, 1.82) is 0 Å². The van der Waals surface area contributed by atoms with Crippen LogP contribution in [0.2, 0.25) is 0 Å². The molecule has 1 N–H and O–H groups in total. The third kappa shape index (κ3) is 4.36. The average molecular weight is 379 g/mol. The first-order valence-corrected chi connectivity index (χ1v) is 8.06. The smallest absolute Gasteiger partial charge is 0.393 e.